The third-order valence-corrected chi connectivity index (χ3v) is 4.98. The maximum Gasteiger partial charge on any atom is 0.257 e. The van der Waals surface area contributed by atoms with Gasteiger partial charge in [-0.3, -0.25) is 14.4 Å². The second kappa shape index (κ2) is 8.67. The second-order valence-corrected chi connectivity index (χ2v) is 7.26. The Balaban J connectivity index is 1.53. The highest BCUT2D eigenvalue weighted by molar-refractivity contribution is 6.10. The van der Waals surface area contributed by atoms with Crippen molar-refractivity contribution in [2.24, 2.45) is 0 Å². The second-order valence-electron chi connectivity index (χ2n) is 7.26. The van der Waals surface area contributed by atoms with Gasteiger partial charge in [0.05, 0.1) is 11.3 Å². The fourth-order valence-corrected chi connectivity index (χ4v) is 3.56. The van der Waals surface area contributed by atoms with Gasteiger partial charge in [0, 0.05) is 28.4 Å². The van der Waals surface area contributed by atoms with Gasteiger partial charge in [0.1, 0.15) is 6.54 Å². The topological polar surface area (TPSA) is 80.2 Å². The average Bonchev–Trinajstić information content (AvgIpc) is 3.11. The zero-order chi connectivity index (χ0) is 21.8. The number of anilines is 2. The van der Waals surface area contributed by atoms with E-state index in [2.05, 4.69) is 10.6 Å². The summed E-state index contributed by atoms with van der Waals surface area (Å²) in [4.78, 5) is 36.9. The third-order valence-electron chi connectivity index (χ3n) is 4.98. The molecule has 6 heteroatoms. The number of aryl methyl sites for hydroxylation is 1. The number of para-hydroxylation sites is 2. The Labute approximate surface area is 179 Å². The van der Waals surface area contributed by atoms with Crippen molar-refractivity contribution in [2.75, 3.05) is 10.6 Å². The molecule has 0 radical (unpaired) electrons. The van der Waals surface area contributed by atoms with Crippen LogP contribution in [0, 0.1) is 6.92 Å². The smallest absolute Gasteiger partial charge is 0.257 e. The van der Waals surface area contributed by atoms with Gasteiger partial charge in [0.2, 0.25) is 5.91 Å². The number of benzene rings is 3. The lowest BCUT2D eigenvalue weighted by Crippen LogP contribution is -2.21. The fraction of sp³-hybridized carbons (Fsp3) is 0.0800. The Kier molecular flexibility index (Phi) is 5.62. The average molecular weight is 411 g/mol. The Bertz CT molecular complexity index is 1290. The molecule has 0 bridgehead atoms. The largest absolute Gasteiger partial charge is 0.337 e. The summed E-state index contributed by atoms with van der Waals surface area (Å²) in [6, 6.07) is 21.8. The summed E-state index contributed by atoms with van der Waals surface area (Å²) in [5.41, 5.74) is 3.83. The molecular formula is C25H21N3O3. The molecule has 0 aliphatic carbocycles. The van der Waals surface area contributed by atoms with Crippen LogP contribution in [0.1, 0.15) is 26.3 Å². The highest BCUT2D eigenvalue weighted by Crippen LogP contribution is 2.21. The van der Waals surface area contributed by atoms with Crippen molar-refractivity contribution in [1.29, 1.82) is 0 Å². The summed E-state index contributed by atoms with van der Waals surface area (Å²) in [5, 5.41) is 6.48. The maximum absolute atomic E-state index is 12.8. The number of fused-ring (bicyclic) bond motifs is 1. The zero-order valence-corrected chi connectivity index (χ0v) is 17.0. The van der Waals surface area contributed by atoms with E-state index in [-0.39, 0.29) is 18.4 Å². The van der Waals surface area contributed by atoms with Gasteiger partial charge in [-0.05, 0) is 42.8 Å². The van der Waals surface area contributed by atoms with Crippen LogP contribution in [-0.2, 0) is 11.3 Å². The van der Waals surface area contributed by atoms with E-state index in [9.17, 15) is 14.4 Å². The Morgan fingerprint density at radius 3 is 2.52 bits per heavy atom. The van der Waals surface area contributed by atoms with Crippen molar-refractivity contribution < 1.29 is 14.4 Å². The number of hydrogen-bond donors (Lipinski definition) is 2. The summed E-state index contributed by atoms with van der Waals surface area (Å²) in [6.07, 6.45) is 2.44. The molecule has 0 saturated carbocycles. The zero-order valence-electron chi connectivity index (χ0n) is 17.0. The van der Waals surface area contributed by atoms with Crippen LogP contribution in [0.25, 0.3) is 10.9 Å². The molecule has 1 aromatic heterocycles. The first-order valence-electron chi connectivity index (χ1n) is 9.85. The van der Waals surface area contributed by atoms with Crippen molar-refractivity contribution in [3.63, 3.8) is 0 Å². The molecule has 0 saturated heterocycles. The van der Waals surface area contributed by atoms with E-state index in [0.717, 1.165) is 22.8 Å². The van der Waals surface area contributed by atoms with E-state index >= 15 is 0 Å². The summed E-state index contributed by atoms with van der Waals surface area (Å²) < 4.78 is 1.73. The molecule has 1 heterocycles. The predicted octanol–water partition coefficient (Wildman–Crippen LogP) is 4.65. The quantitative estimate of drug-likeness (QED) is 0.453. The molecule has 2 amide bonds. The number of aldehydes is 1. The molecule has 0 atom stereocenters. The van der Waals surface area contributed by atoms with Crippen LogP contribution >= 0.6 is 0 Å². The standard InChI is InChI=1S/C25H21N3O3/c1-17-7-6-8-19(13-17)26-25(31)21-10-2-4-11-22(21)27-24(30)15-28-14-18(16-29)20-9-3-5-12-23(20)28/h2-14,16H,15H2,1H3,(H,26,31)(H,27,30). The highest BCUT2D eigenvalue weighted by atomic mass is 16.2. The molecule has 0 fully saturated rings. The van der Waals surface area contributed by atoms with Crippen LogP contribution in [0.2, 0.25) is 0 Å². The number of carbonyl (C=O) groups excluding carboxylic acids is 3. The third kappa shape index (κ3) is 4.38. The van der Waals surface area contributed by atoms with Gasteiger partial charge < -0.3 is 15.2 Å². The van der Waals surface area contributed by atoms with Crippen LogP contribution in [0.3, 0.4) is 0 Å². The van der Waals surface area contributed by atoms with Crippen molar-refractivity contribution >= 4 is 40.4 Å². The summed E-state index contributed by atoms with van der Waals surface area (Å²) in [6.45, 7) is 1.97. The number of aromatic nitrogens is 1. The lowest BCUT2D eigenvalue weighted by molar-refractivity contribution is -0.116. The summed E-state index contributed by atoms with van der Waals surface area (Å²) in [7, 11) is 0. The number of hydrogen-bond acceptors (Lipinski definition) is 3. The van der Waals surface area contributed by atoms with Gasteiger partial charge in [0.25, 0.3) is 5.91 Å². The molecule has 154 valence electrons. The molecule has 0 unspecified atom stereocenters. The first-order chi connectivity index (χ1) is 15.0. The van der Waals surface area contributed by atoms with Crippen LogP contribution in [0.5, 0.6) is 0 Å². The van der Waals surface area contributed by atoms with Gasteiger partial charge in [-0.15, -0.1) is 0 Å². The first kappa shape index (κ1) is 20.1. The Hall–Kier alpha value is -4.19. The van der Waals surface area contributed by atoms with E-state index in [1.165, 1.54) is 0 Å². The summed E-state index contributed by atoms with van der Waals surface area (Å²) in [5.74, 6) is -0.606. The number of rotatable bonds is 6. The number of carbonyl (C=O) groups is 3. The molecule has 2 N–H and O–H groups in total. The predicted molar refractivity (Wildman–Crippen MR) is 122 cm³/mol. The number of nitrogens with zero attached hydrogens (tertiary/aromatic N) is 1. The van der Waals surface area contributed by atoms with Crippen LogP contribution < -0.4 is 10.6 Å². The SMILES string of the molecule is Cc1cccc(NC(=O)c2ccccc2NC(=O)Cn2cc(C=O)c3ccccc32)c1. The molecular weight excluding hydrogens is 390 g/mol. The van der Waals surface area contributed by atoms with E-state index < -0.39 is 0 Å². The van der Waals surface area contributed by atoms with Gasteiger partial charge in [-0.2, -0.15) is 0 Å². The molecule has 4 aromatic rings. The molecule has 3 aromatic carbocycles. The molecule has 0 aliphatic heterocycles. The van der Waals surface area contributed by atoms with Crippen LogP contribution in [-0.4, -0.2) is 22.7 Å². The monoisotopic (exact) mass is 411 g/mol. The minimum absolute atomic E-state index is 0.0161. The van der Waals surface area contributed by atoms with Crippen molar-refractivity contribution in [1.82, 2.24) is 4.57 Å². The molecule has 6 nitrogen and oxygen atoms in total. The minimum atomic E-state index is -0.309. The Morgan fingerprint density at radius 2 is 1.71 bits per heavy atom. The lowest BCUT2D eigenvalue weighted by Gasteiger charge is -2.12. The molecule has 31 heavy (non-hydrogen) atoms. The first-order valence-corrected chi connectivity index (χ1v) is 9.85. The highest BCUT2D eigenvalue weighted by Gasteiger charge is 2.15. The fourth-order valence-electron chi connectivity index (χ4n) is 3.56. The molecule has 0 spiro atoms. The number of nitrogens with one attached hydrogen (secondary N) is 2. The summed E-state index contributed by atoms with van der Waals surface area (Å²) >= 11 is 0. The van der Waals surface area contributed by atoms with Crippen LogP contribution in [0.15, 0.2) is 79.0 Å². The van der Waals surface area contributed by atoms with E-state index in [1.807, 2.05) is 55.5 Å². The van der Waals surface area contributed by atoms with Crippen LogP contribution in [0.4, 0.5) is 11.4 Å². The lowest BCUT2D eigenvalue weighted by atomic mass is 10.1. The number of amides is 2. The van der Waals surface area contributed by atoms with Crippen molar-refractivity contribution in [3.8, 4) is 0 Å². The van der Waals surface area contributed by atoms with Gasteiger partial charge in [-0.25, -0.2) is 0 Å². The van der Waals surface area contributed by atoms with E-state index in [4.69, 9.17) is 0 Å². The van der Waals surface area contributed by atoms with E-state index in [0.29, 0.717) is 22.5 Å². The van der Waals surface area contributed by atoms with Gasteiger partial charge in [-0.1, -0.05) is 42.5 Å². The maximum atomic E-state index is 12.8. The van der Waals surface area contributed by atoms with Crippen molar-refractivity contribution in [3.05, 3.63) is 95.7 Å². The van der Waals surface area contributed by atoms with Gasteiger partial charge in [0.15, 0.2) is 6.29 Å². The van der Waals surface area contributed by atoms with E-state index in [1.54, 1.807) is 35.0 Å². The molecule has 4 rings (SSSR count). The van der Waals surface area contributed by atoms with Crippen molar-refractivity contribution in [2.45, 2.75) is 13.5 Å². The van der Waals surface area contributed by atoms with Gasteiger partial charge >= 0.3 is 0 Å². The minimum Gasteiger partial charge on any atom is -0.337 e. The normalized spacial score (nSPS) is 10.6. The Morgan fingerprint density at radius 1 is 0.935 bits per heavy atom. The molecule has 0 aliphatic rings.